The van der Waals surface area contributed by atoms with Crippen LogP contribution in [0.4, 0.5) is 13.2 Å². The molecule has 5 aromatic rings. The Bertz CT molecular complexity index is 1640. The van der Waals surface area contributed by atoms with Crippen LogP contribution >= 0.6 is 45.2 Å². The third-order valence-corrected chi connectivity index (χ3v) is 8.23. The maximum Gasteiger partial charge on any atom is 0.485 e. The Hall–Kier alpha value is -2.97. The SMILES string of the molecule is C[n+]1cc(-c2nnn(Cc3ccccc3)c2I)cc(-c2nnn(Cc3ccccc3)c2I)c1.O=S(=O)([O-])C(F)(F)F. The van der Waals surface area contributed by atoms with E-state index >= 15 is 0 Å². The molecule has 5 rings (SSSR count). The monoisotopic (exact) mass is 809 g/mol. The van der Waals surface area contributed by atoms with Gasteiger partial charge in [-0.1, -0.05) is 71.1 Å². The molecule has 0 fully saturated rings. The summed E-state index contributed by atoms with van der Waals surface area (Å²) in [7, 11) is -4.08. The first-order valence-electron chi connectivity index (χ1n) is 11.6. The molecule has 10 nitrogen and oxygen atoms in total. The van der Waals surface area contributed by atoms with E-state index in [4.69, 9.17) is 13.0 Å². The van der Waals surface area contributed by atoms with Crippen molar-refractivity contribution in [1.29, 1.82) is 0 Å². The third kappa shape index (κ3) is 7.86. The fourth-order valence-electron chi connectivity index (χ4n) is 3.65. The Morgan fingerprint density at radius 1 is 0.805 bits per heavy atom. The van der Waals surface area contributed by atoms with Gasteiger partial charge in [-0.3, -0.25) is 0 Å². The lowest BCUT2D eigenvalue weighted by molar-refractivity contribution is -0.670. The second kappa shape index (κ2) is 12.9. The van der Waals surface area contributed by atoms with Crippen LogP contribution in [0.1, 0.15) is 11.1 Å². The van der Waals surface area contributed by atoms with Gasteiger partial charge in [0.15, 0.2) is 22.5 Å². The van der Waals surface area contributed by atoms with E-state index in [1.54, 1.807) is 0 Å². The summed E-state index contributed by atoms with van der Waals surface area (Å²) in [6, 6.07) is 22.7. The van der Waals surface area contributed by atoms with Crippen LogP contribution in [0.15, 0.2) is 79.1 Å². The Morgan fingerprint density at radius 3 is 1.51 bits per heavy atom. The van der Waals surface area contributed by atoms with Crippen LogP contribution in [0.2, 0.25) is 0 Å². The molecular formula is C25H20F3I2N7O3S. The number of aromatic nitrogens is 7. The molecule has 0 unspecified atom stereocenters. The van der Waals surface area contributed by atoms with Crippen molar-refractivity contribution in [3.8, 4) is 22.5 Å². The van der Waals surface area contributed by atoms with E-state index in [-0.39, 0.29) is 0 Å². The second-order valence-electron chi connectivity index (χ2n) is 8.62. The van der Waals surface area contributed by atoms with Crippen LogP contribution in [-0.4, -0.2) is 48.5 Å². The van der Waals surface area contributed by atoms with Gasteiger partial charge in [-0.05, 0) is 62.4 Å². The van der Waals surface area contributed by atoms with Crippen LogP contribution in [-0.2, 0) is 30.3 Å². The Balaban J connectivity index is 0.000000426. The lowest BCUT2D eigenvalue weighted by Crippen LogP contribution is -2.27. The first kappa shape index (κ1) is 31.0. The normalized spacial score (nSPS) is 11.7. The number of halogens is 5. The molecule has 0 aliphatic carbocycles. The van der Waals surface area contributed by atoms with Crippen molar-refractivity contribution >= 4 is 55.3 Å². The molecule has 0 spiro atoms. The summed E-state index contributed by atoms with van der Waals surface area (Å²) >= 11 is 4.65. The van der Waals surface area contributed by atoms with Crippen molar-refractivity contribution in [2.75, 3.05) is 0 Å². The number of alkyl halides is 3. The molecule has 16 heteroatoms. The van der Waals surface area contributed by atoms with Gasteiger partial charge in [-0.2, -0.15) is 13.2 Å². The van der Waals surface area contributed by atoms with Gasteiger partial charge in [-0.15, -0.1) is 10.2 Å². The predicted octanol–water partition coefficient (Wildman–Crippen LogP) is 4.39. The summed E-state index contributed by atoms with van der Waals surface area (Å²) in [5.41, 5.74) is 0.435. The highest BCUT2D eigenvalue weighted by Crippen LogP contribution is 2.28. The van der Waals surface area contributed by atoms with E-state index < -0.39 is 15.6 Å². The van der Waals surface area contributed by atoms with Crippen LogP contribution in [0.3, 0.4) is 0 Å². The van der Waals surface area contributed by atoms with Gasteiger partial charge in [0.05, 0.1) is 24.2 Å². The summed E-state index contributed by atoms with van der Waals surface area (Å²) in [5.74, 6) is 0. The van der Waals surface area contributed by atoms with Crippen LogP contribution in [0.5, 0.6) is 0 Å². The van der Waals surface area contributed by atoms with Crippen molar-refractivity contribution < 1.29 is 30.7 Å². The molecule has 41 heavy (non-hydrogen) atoms. The first-order valence-corrected chi connectivity index (χ1v) is 15.2. The number of nitrogens with zero attached hydrogens (tertiary/aromatic N) is 7. The number of hydrogen-bond donors (Lipinski definition) is 0. The van der Waals surface area contributed by atoms with Gasteiger partial charge >= 0.3 is 5.51 Å². The maximum absolute atomic E-state index is 10.7. The van der Waals surface area contributed by atoms with Crippen molar-refractivity contribution in [1.82, 2.24) is 30.0 Å². The van der Waals surface area contributed by atoms with Gasteiger partial charge in [0, 0.05) is 0 Å². The van der Waals surface area contributed by atoms with E-state index in [2.05, 4.69) is 109 Å². The summed E-state index contributed by atoms with van der Waals surface area (Å²) in [4.78, 5) is 0. The molecule has 0 bridgehead atoms. The molecule has 0 saturated carbocycles. The van der Waals surface area contributed by atoms with Crippen LogP contribution in [0.25, 0.3) is 22.5 Å². The quantitative estimate of drug-likeness (QED) is 0.108. The van der Waals surface area contributed by atoms with E-state index in [1.165, 1.54) is 11.1 Å². The topological polar surface area (TPSA) is 122 Å². The summed E-state index contributed by atoms with van der Waals surface area (Å²) in [5, 5.41) is 17.8. The van der Waals surface area contributed by atoms with Gasteiger partial charge in [0.2, 0.25) is 0 Å². The van der Waals surface area contributed by atoms with Crippen LogP contribution in [0, 0.1) is 7.40 Å². The molecule has 0 atom stereocenters. The summed E-state index contributed by atoms with van der Waals surface area (Å²) < 4.78 is 66.8. The van der Waals surface area contributed by atoms with Gasteiger partial charge in [0.1, 0.15) is 25.8 Å². The minimum Gasteiger partial charge on any atom is -0.741 e. The Morgan fingerprint density at radius 2 is 1.17 bits per heavy atom. The zero-order valence-electron chi connectivity index (χ0n) is 21.1. The number of hydrogen-bond acceptors (Lipinski definition) is 7. The molecule has 2 aromatic carbocycles. The molecule has 0 aliphatic rings. The molecule has 214 valence electrons. The van der Waals surface area contributed by atoms with Gasteiger partial charge in [-0.25, -0.2) is 22.3 Å². The molecule has 0 radical (unpaired) electrons. The Labute approximate surface area is 260 Å². The molecule has 0 saturated heterocycles. The number of benzene rings is 2. The van der Waals surface area contributed by atoms with E-state index in [1.807, 2.05) is 57.4 Å². The van der Waals surface area contributed by atoms with Gasteiger partial charge in [0.25, 0.3) is 0 Å². The fourth-order valence-corrected chi connectivity index (χ4v) is 5.02. The third-order valence-electron chi connectivity index (χ3n) is 5.53. The largest absolute Gasteiger partial charge is 0.741 e. The summed E-state index contributed by atoms with van der Waals surface area (Å²) in [6.07, 6.45) is 4.12. The highest BCUT2D eigenvalue weighted by atomic mass is 127. The molecule has 0 aliphatic heterocycles. The zero-order chi connectivity index (χ0) is 29.8. The average molecular weight is 809 g/mol. The smallest absolute Gasteiger partial charge is 0.485 e. The minimum atomic E-state index is -6.09. The first-order chi connectivity index (χ1) is 19.3. The number of aryl methyl sites for hydroxylation is 1. The van der Waals surface area contributed by atoms with Crippen molar-refractivity contribution in [3.05, 3.63) is 97.7 Å². The van der Waals surface area contributed by atoms with Crippen molar-refractivity contribution in [3.63, 3.8) is 0 Å². The van der Waals surface area contributed by atoms with E-state index in [9.17, 15) is 13.2 Å². The van der Waals surface area contributed by atoms with E-state index in [0.717, 1.165) is 29.9 Å². The minimum absolute atomic E-state index is 0.684. The predicted molar refractivity (Wildman–Crippen MR) is 158 cm³/mol. The molecular weight excluding hydrogens is 789 g/mol. The average Bonchev–Trinajstić information content (AvgIpc) is 3.46. The maximum atomic E-state index is 10.7. The number of pyridine rings is 1. The lowest BCUT2D eigenvalue weighted by Gasteiger charge is -2.08. The second-order valence-corrected chi connectivity index (χ2v) is 12.0. The van der Waals surface area contributed by atoms with Crippen molar-refractivity contribution in [2.45, 2.75) is 18.6 Å². The van der Waals surface area contributed by atoms with Crippen molar-refractivity contribution in [2.24, 2.45) is 7.05 Å². The number of rotatable bonds is 6. The Kier molecular flexibility index (Phi) is 9.75. The molecule has 3 aromatic heterocycles. The standard InChI is InChI=1S/C24H20I2N7.CHF3O3S/c1-31-15-19(21-23(25)32(29-27-21)13-17-8-4-2-5-9-17)12-20(16-31)22-24(26)33(30-28-22)14-18-10-6-3-7-11-18;2-1(3,4)8(5,6)7/h2-12,15-16H,13-14H2,1H3;(H,5,6,7)/q+1;/p-1. The van der Waals surface area contributed by atoms with E-state index in [0.29, 0.717) is 13.1 Å². The highest BCUT2D eigenvalue weighted by molar-refractivity contribution is 14.1. The summed E-state index contributed by atoms with van der Waals surface area (Å²) in [6.45, 7) is 1.37. The zero-order valence-corrected chi connectivity index (χ0v) is 26.2. The highest BCUT2D eigenvalue weighted by Gasteiger charge is 2.37. The van der Waals surface area contributed by atoms with Gasteiger partial charge < -0.3 is 4.55 Å². The fraction of sp³-hybridized carbons (Fsp3) is 0.160. The van der Waals surface area contributed by atoms with Crippen LogP contribution < -0.4 is 4.57 Å². The molecule has 3 heterocycles. The molecule has 0 amide bonds. The molecule has 0 N–H and O–H groups in total. The lowest BCUT2D eigenvalue weighted by atomic mass is 10.1.